The molecule has 0 fully saturated rings. The van der Waals surface area contributed by atoms with Crippen molar-refractivity contribution in [2.45, 2.75) is 32.9 Å². The summed E-state index contributed by atoms with van der Waals surface area (Å²) < 4.78 is 5.94. The van der Waals surface area contributed by atoms with Crippen molar-refractivity contribution in [3.05, 3.63) is 64.7 Å². The van der Waals surface area contributed by atoms with E-state index in [0.717, 1.165) is 29.4 Å². The number of ether oxygens (including phenoxy) is 1. The maximum absolute atomic E-state index is 5.94. The topological polar surface area (TPSA) is 21.3 Å². The van der Waals surface area contributed by atoms with Crippen LogP contribution in [0.25, 0.3) is 0 Å². The summed E-state index contributed by atoms with van der Waals surface area (Å²) >= 11 is 5.89. The average molecular weight is 304 g/mol. The highest BCUT2D eigenvalue weighted by molar-refractivity contribution is 6.30. The Balaban J connectivity index is 1.91. The normalized spacial score (nSPS) is 10.6. The summed E-state index contributed by atoms with van der Waals surface area (Å²) in [5.41, 5.74) is 2.32. The Morgan fingerprint density at radius 2 is 1.81 bits per heavy atom. The van der Waals surface area contributed by atoms with Crippen LogP contribution >= 0.6 is 11.6 Å². The molecule has 2 nitrogen and oxygen atoms in total. The van der Waals surface area contributed by atoms with Gasteiger partial charge in [-0.2, -0.15) is 0 Å². The first kappa shape index (κ1) is 15.9. The van der Waals surface area contributed by atoms with E-state index in [2.05, 4.69) is 18.3 Å². The molecular formula is C18H22ClNO. The third-order valence-corrected chi connectivity index (χ3v) is 3.55. The number of hydrogen-bond acceptors (Lipinski definition) is 2. The van der Waals surface area contributed by atoms with Crippen molar-refractivity contribution in [3.63, 3.8) is 0 Å². The minimum absolute atomic E-state index is 0.559. The van der Waals surface area contributed by atoms with Crippen LogP contribution in [0.4, 0.5) is 0 Å². The molecule has 2 rings (SSSR count). The second kappa shape index (κ2) is 8.71. The van der Waals surface area contributed by atoms with Crippen molar-refractivity contribution in [2.75, 3.05) is 6.54 Å². The highest BCUT2D eigenvalue weighted by atomic mass is 35.5. The lowest BCUT2D eigenvalue weighted by Gasteiger charge is -2.12. The van der Waals surface area contributed by atoms with Crippen molar-refractivity contribution in [1.29, 1.82) is 0 Å². The van der Waals surface area contributed by atoms with E-state index in [1.54, 1.807) is 0 Å². The lowest BCUT2D eigenvalue weighted by Crippen LogP contribution is -2.15. The first-order valence-corrected chi connectivity index (χ1v) is 7.83. The molecule has 0 atom stereocenters. The van der Waals surface area contributed by atoms with Crippen LogP contribution in [0.2, 0.25) is 5.02 Å². The molecule has 0 amide bonds. The molecule has 0 bridgehead atoms. The largest absolute Gasteiger partial charge is 0.489 e. The van der Waals surface area contributed by atoms with E-state index in [9.17, 15) is 0 Å². The summed E-state index contributed by atoms with van der Waals surface area (Å²) in [7, 11) is 0. The van der Waals surface area contributed by atoms with Gasteiger partial charge in [-0.05, 0) is 36.7 Å². The molecule has 2 aromatic carbocycles. The summed E-state index contributed by atoms with van der Waals surface area (Å²) in [5, 5.41) is 4.20. The number of halogens is 1. The molecule has 1 N–H and O–H groups in total. The Hall–Kier alpha value is -1.51. The molecule has 21 heavy (non-hydrogen) atoms. The third-order valence-electron chi connectivity index (χ3n) is 3.30. The van der Waals surface area contributed by atoms with E-state index >= 15 is 0 Å². The Morgan fingerprint density at radius 3 is 2.57 bits per heavy atom. The lowest BCUT2D eigenvalue weighted by molar-refractivity contribution is 0.302. The van der Waals surface area contributed by atoms with Gasteiger partial charge in [0.15, 0.2) is 0 Å². The van der Waals surface area contributed by atoms with Gasteiger partial charge in [-0.15, -0.1) is 0 Å². The van der Waals surface area contributed by atoms with Crippen LogP contribution in [0.1, 0.15) is 30.9 Å². The number of rotatable bonds is 8. The maximum Gasteiger partial charge on any atom is 0.124 e. The van der Waals surface area contributed by atoms with Crippen molar-refractivity contribution < 1.29 is 4.74 Å². The van der Waals surface area contributed by atoms with Gasteiger partial charge in [-0.1, -0.05) is 55.3 Å². The van der Waals surface area contributed by atoms with Crippen molar-refractivity contribution in [3.8, 4) is 5.75 Å². The van der Waals surface area contributed by atoms with E-state index in [-0.39, 0.29) is 0 Å². The lowest BCUT2D eigenvalue weighted by atomic mass is 10.2. The third kappa shape index (κ3) is 5.41. The summed E-state index contributed by atoms with van der Waals surface area (Å²) in [5.74, 6) is 0.941. The molecule has 0 heterocycles. The van der Waals surface area contributed by atoms with E-state index in [1.807, 2.05) is 42.5 Å². The Kier molecular flexibility index (Phi) is 6.58. The summed E-state index contributed by atoms with van der Waals surface area (Å²) in [6.07, 6.45) is 2.41. The van der Waals surface area contributed by atoms with Crippen molar-refractivity contribution in [1.82, 2.24) is 5.32 Å². The van der Waals surface area contributed by atoms with Gasteiger partial charge in [0.25, 0.3) is 0 Å². The molecule has 0 aromatic heterocycles. The molecule has 0 saturated carbocycles. The number of unbranched alkanes of at least 4 members (excludes halogenated alkanes) is 1. The zero-order valence-corrected chi connectivity index (χ0v) is 13.2. The van der Waals surface area contributed by atoms with Gasteiger partial charge < -0.3 is 10.1 Å². The average Bonchev–Trinajstić information content (AvgIpc) is 2.52. The van der Waals surface area contributed by atoms with E-state index in [4.69, 9.17) is 16.3 Å². The van der Waals surface area contributed by atoms with Gasteiger partial charge in [0, 0.05) is 17.1 Å². The minimum atomic E-state index is 0.559. The quantitative estimate of drug-likeness (QED) is 0.707. The van der Waals surface area contributed by atoms with Gasteiger partial charge in [-0.25, -0.2) is 0 Å². The Bertz CT molecular complexity index is 539. The summed E-state index contributed by atoms with van der Waals surface area (Å²) in [6, 6.07) is 15.9. The molecule has 112 valence electrons. The maximum atomic E-state index is 5.94. The Morgan fingerprint density at radius 1 is 1.05 bits per heavy atom. The van der Waals surface area contributed by atoms with Gasteiger partial charge in [-0.3, -0.25) is 0 Å². The van der Waals surface area contributed by atoms with E-state index in [0.29, 0.717) is 6.61 Å². The molecular weight excluding hydrogens is 282 g/mol. The fourth-order valence-corrected chi connectivity index (χ4v) is 2.18. The predicted octanol–water partition coefficient (Wildman–Crippen LogP) is 4.81. The van der Waals surface area contributed by atoms with Gasteiger partial charge in [0.1, 0.15) is 12.4 Å². The number of para-hydroxylation sites is 1. The molecule has 0 aliphatic heterocycles. The van der Waals surface area contributed by atoms with E-state index < -0.39 is 0 Å². The standard InChI is InChI=1S/C18H22ClNO/c1-2-3-12-20-13-16-6-4-5-7-18(16)21-14-15-8-10-17(19)11-9-15/h4-11,20H,2-3,12-14H2,1H3. The fraction of sp³-hybridized carbons (Fsp3) is 0.333. The molecule has 2 aromatic rings. The molecule has 0 aliphatic carbocycles. The van der Waals surface area contributed by atoms with Crippen LogP contribution < -0.4 is 10.1 Å². The smallest absolute Gasteiger partial charge is 0.124 e. The van der Waals surface area contributed by atoms with Gasteiger partial charge >= 0.3 is 0 Å². The first-order chi connectivity index (χ1) is 10.3. The second-order valence-corrected chi connectivity index (χ2v) is 5.49. The van der Waals surface area contributed by atoms with E-state index in [1.165, 1.54) is 18.4 Å². The van der Waals surface area contributed by atoms with Crippen LogP contribution in [-0.4, -0.2) is 6.54 Å². The monoisotopic (exact) mass is 303 g/mol. The second-order valence-electron chi connectivity index (χ2n) is 5.05. The van der Waals surface area contributed by atoms with Crippen LogP contribution in [0.3, 0.4) is 0 Å². The molecule has 3 heteroatoms. The van der Waals surface area contributed by atoms with Crippen molar-refractivity contribution in [2.24, 2.45) is 0 Å². The molecule has 0 saturated heterocycles. The molecule has 0 unspecified atom stereocenters. The fourth-order valence-electron chi connectivity index (χ4n) is 2.06. The van der Waals surface area contributed by atoms with Gasteiger partial charge in [0.2, 0.25) is 0 Å². The van der Waals surface area contributed by atoms with Crippen LogP contribution in [0.5, 0.6) is 5.75 Å². The van der Waals surface area contributed by atoms with Gasteiger partial charge in [0.05, 0.1) is 0 Å². The zero-order chi connectivity index (χ0) is 14.9. The number of nitrogens with one attached hydrogen (secondary N) is 1. The first-order valence-electron chi connectivity index (χ1n) is 7.45. The number of benzene rings is 2. The van der Waals surface area contributed by atoms with Crippen LogP contribution in [-0.2, 0) is 13.2 Å². The Labute approximate surface area is 132 Å². The minimum Gasteiger partial charge on any atom is -0.489 e. The zero-order valence-electron chi connectivity index (χ0n) is 12.4. The van der Waals surface area contributed by atoms with Crippen molar-refractivity contribution >= 4 is 11.6 Å². The summed E-state index contributed by atoms with van der Waals surface area (Å²) in [6.45, 7) is 4.65. The summed E-state index contributed by atoms with van der Waals surface area (Å²) in [4.78, 5) is 0. The molecule has 0 radical (unpaired) electrons. The number of hydrogen-bond donors (Lipinski definition) is 1. The SMILES string of the molecule is CCCCNCc1ccccc1OCc1ccc(Cl)cc1. The highest BCUT2D eigenvalue weighted by Gasteiger charge is 2.03. The molecule has 0 spiro atoms. The highest BCUT2D eigenvalue weighted by Crippen LogP contribution is 2.19. The predicted molar refractivity (Wildman–Crippen MR) is 88.8 cm³/mol. The van der Waals surface area contributed by atoms with Crippen LogP contribution in [0.15, 0.2) is 48.5 Å². The van der Waals surface area contributed by atoms with Crippen LogP contribution in [0, 0.1) is 0 Å². The molecule has 0 aliphatic rings.